The highest BCUT2D eigenvalue weighted by atomic mass is 16.6. The first kappa shape index (κ1) is 13.8. The number of rotatable bonds is 5. The fraction of sp³-hybridized carbons (Fsp3) is 0.500. The average molecular weight is 289 g/mol. The molecule has 112 valence electrons. The van der Waals surface area contributed by atoms with Crippen molar-refractivity contribution >= 4 is 22.7 Å². The second-order valence-electron chi connectivity index (χ2n) is 5.52. The molecule has 21 heavy (non-hydrogen) atoms. The summed E-state index contributed by atoms with van der Waals surface area (Å²) in [7, 11) is 0. The van der Waals surface area contributed by atoms with Crippen LogP contribution < -0.4 is 5.32 Å². The molecule has 1 aromatic carbocycles. The minimum Gasteiger partial charge on any atom is -0.354 e. The molecule has 1 aromatic heterocycles. The van der Waals surface area contributed by atoms with Gasteiger partial charge in [-0.1, -0.05) is 0 Å². The van der Waals surface area contributed by atoms with Gasteiger partial charge >= 0.3 is 0 Å². The normalized spacial score (nSPS) is 17.2. The highest BCUT2D eigenvalue weighted by Gasteiger charge is 2.18. The monoisotopic (exact) mass is 289 g/mol. The molecule has 0 amide bonds. The number of imidazole rings is 1. The second kappa shape index (κ2) is 5.69. The van der Waals surface area contributed by atoms with E-state index in [0.29, 0.717) is 17.5 Å². The zero-order valence-corrected chi connectivity index (χ0v) is 12.0. The van der Waals surface area contributed by atoms with Crippen molar-refractivity contribution in [2.24, 2.45) is 0 Å². The zero-order chi connectivity index (χ0) is 14.8. The molecule has 1 atom stereocenters. The number of nitro groups is 1. The number of nitrogens with one attached hydrogen (secondary N) is 2. The molecule has 3 rings (SSSR count). The van der Waals surface area contributed by atoms with Crippen LogP contribution in [-0.4, -0.2) is 45.5 Å². The van der Waals surface area contributed by atoms with Crippen LogP contribution in [0.1, 0.15) is 19.8 Å². The summed E-state index contributed by atoms with van der Waals surface area (Å²) in [6, 6.07) is 5.10. The van der Waals surface area contributed by atoms with Gasteiger partial charge in [-0.05, 0) is 38.9 Å². The maximum Gasteiger partial charge on any atom is 0.271 e. The fourth-order valence-corrected chi connectivity index (χ4v) is 2.75. The van der Waals surface area contributed by atoms with Gasteiger partial charge in [-0.2, -0.15) is 0 Å². The Kier molecular flexibility index (Phi) is 3.74. The van der Waals surface area contributed by atoms with Crippen LogP contribution in [0.3, 0.4) is 0 Å². The van der Waals surface area contributed by atoms with Crippen molar-refractivity contribution < 1.29 is 4.92 Å². The first-order chi connectivity index (χ1) is 10.1. The summed E-state index contributed by atoms with van der Waals surface area (Å²) in [5.41, 5.74) is 1.49. The van der Waals surface area contributed by atoms with Crippen molar-refractivity contribution in [3.05, 3.63) is 28.3 Å². The summed E-state index contributed by atoms with van der Waals surface area (Å²) < 4.78 is 0. The summed E-state index contributed by atoms with van der Waals surface area (Å²) >= 11 is 0. The molecule has 1 unspecified atom stereocenters. The van der Waals surface area contributed by atoms with E-state index in [1.165, 1.54) is 25.0 Å². The molecular formula is C14H19N5O2. The van der Waals surface area contributed by atoms with Gasteiger partial charge in [-0.25, -0.2) is 4.98 Å². The van der Waals surface area contributed by atoms with Crippen molar-refractivity contribution in [1.82, 2.24) is 14.9 Å². The third kappa shape index (κ3) is 2.97. The van der Waals surface area contributed by atoms with E-state index in [4.69, 9.17) is 0 Å². The molecule has 0 bridgehead atoms. The zero-order valence-electron chi connectivity index (χ0n) is 12.0. The molecule has 0 radical (unpaired) electrons. The molecule has 1 aliphatic heterocycles. The molecule has 7 heteroatoms. The van der Waals surface area contributed by atoms with Crippen LogP contribution in [0.25, 0.3) is 11.0 Å². The Morgan fingerprint density at radius 3 is 2.95 bits per heavy atom. The summed E-state index contributed by atoms with van der Waals surface area (Å²) in [4.78, 5) is 20.3. The number of hydrogen-bond donors (Lipinski definition) is 2. The van der Waals surface area contributed by atoms with Crippen LogP contribution >= 0.6 is 0 Å². The Balaban J connectivity index is 1.68. The van der Waals surface area contributed by atoms with Crippen molar-refractivity contribution in [3.63, 3.8) is 0 Å². The maximum absolute atomic E-state index is 10.8. The number of hydrogen-bond acceptors (Lipinski definition) is 5. The van der Waals surface area contributed by atoms with E-state index >= 15 is 0 Å². The van der Waals surface area contributed by atoms with Gasteiger partial charge in [0.25, 0.3) is 5.69 Å². The third-order valence-corrected chi connectivity index (χ3v) is 4.01. The van der Waals surface area contributed by atoms with Gasteiger partial charge in [0.15, 0.2) is 0 Å². The maximum atomic E-state index is 10.8. The van der Waals surface area contributed by atoms with E-state index in [9.17, 15) is 10.1 Å². The summed E-state index contributed by atoms with van der Waals surface area (Å²) in [6.45, 7) is 5.33. The second-order valence-corrected chi connectivity index (χ2v) is 5.52. The third-order valence-electron chi connectivity index (χ3n) is 4.01. The first-order valence-corrected chi connectivity index (χ1v) is 7.25. The van der Waals surface area contributed by atoms with E-state index < -0.39 is 4.92 Å². The number of nitrogens with zero attached hydrogens (tertiary/aromatic N) is 3. The molecule has 1 fully saturated rings. The van der Waals surface area contributed by atoms with E-state index in [2.05, 4.69) is 27.1 Å². The number of aromatic amines is 1. The van der Waals surface area contributed by atoms with Gasteiger partial charge in [0.2, 0.25) is 5.95 Å². The molecule has 2 N–H and O–H groups in total. The number of nitro benzene ring substituents is 1. The molecule has 0 saturated carbocycles. The van der Waals surface area contributed by atoms with Gasteiger partial charge in [0.05, 0.1) is 16.0 Å². The Hall–Kier alpha value is -2.15. The number of anilines is 1. The number of benzene rings is 1. The molecule has 1 saturated heterocycles. The Bertz CT molecular complexity index is 648. The minimum atomic E-state index is -0.400. The smallest absolute Gasteiger partial charge is 0.271 e. The first-order valence-electron chi connectivity index (χ1n) is 7.25. The Morgan fingerprint density at radius 1 is 1.48 bits per heavy atom. The van der Waals surface area contributed by atoms with Crippen molar-refractivity contribution in [2.45, 2.75) is 25.8 Å². The lowest BCUT2D eigenvalue weighted by molar-refractivity contribution is -0.384. The molecular weight excluding hydrogens is 270 g/mol. The number of likely N-dealkylation sites (tertiary alicyclic amines) is 1. The van der Waals surface area contributed by atoms with Crippen LogP contribution in [0.4, 0.5) is 11.6 Å². The SMILES string of the molecule is CC(CNc1nc2ccc([N+](=O)[O-])cc2[nH]1)N1CCCC1. The van der Waals surface area contributed by atoms with Gasteiger partial charge in [0, 0.05) is 24.7 Å². The molecule has 1 aliphatic rings. The topological polar surface area (TPSA) is 87.1 Å². The van der Waals surface area contributed by atoms with E-state index in [-0.39, 0.29) is 5.69 Å². The van der Waals surface area contributed by atoms with Crippen LogP contribution in [0.5, 0.6) is 0 Å². The molecule has 7 nitrogen and oxygen atoms in total. The lowest BCUT2D eigenvalue weighted by Gasteiger charge is -2.23. The van der Waals surface area contributed by atoms with Crippen molar-refractivity contribution in [3.8, 4) is 0 Å². The largest absolute Gasteiger partial charge is 0.354 e. The summed E-state index contributed by atoms with van der Waals surface area (Å²) in [5, 5.41) is 14.0. The molecule has 2 heterocycles. The predicted molar refractivity (Wildman–Crippen MR) is 81.5 cm³/mol. The molecule has 2 aromatic rings. The number of fused-ring (bicyclic) bond motifs is 1. The summed E-state index contributed by atoms with van der Waals surface area (Å²) in [5.74, 6) is 0.663. The van der Waals surface area contributed by atoms with E-state index in [1.54, 1.807) is 6.07 Å². The van der Waals surface area contributed by atoms with Gasteiger partial charge < -0.3 is 10.3 Å². The number of non-ortho nitro benzene ring substituents is 1. The fourth-order valence-electron chi connectivity index (χ4n) is 2.75. The average Bonchev–Trinajstić information content (AvgIpc) is 3.12. The minimum absolute atomic E-state index is 0.0723. The number of aromatic nitrogens is 2. The highest BCUT2D eigenvalue weighted by molar-refractivity contribution is 5.79. The molecule has 0 aliphatic carbocycles. The van der Waals surface area contributed by atoms with Gasteiger partial charge in [-0.15, -0.1) is 0 Å². The standard InChI is InChI=1S/C14H19N5O2/c1-10(18-6-2-3-7-18)9-15-14-16-12-5-4-11(19(20)21)8-13(12)17-14/h4-5,8,10H,2-3,6-7,9H2,1H3,(H2,15,16,17). The lowest BCUT2D eigenvalue weighted by atomic mass is 10.3. The quantitative estimate of drug-likeness (QED) is 0.651. The molecule has 0 spiro atoms. The lowest BCUT2D eigenvalue weighted by Crippen LogP contribution is -2.35. The van der Waals surface area contributed by atoms with Crippen molar-refractivity contribution in [2.75, 3.05) is 25.0 Å². The van der Waals surface area contributed by atoms with Crippen LogP contribution in [0, 0.1) is 10.1 Å². The van der Waals surface area contributed by atoms with Gasteiger partial charge in [0.1, 0.15) is 0 Å². The Labute approximate surface area is 122 Å². The van der Waals surface area contributed by atoms with Crippen LogP contribution in [-0.2, 0) is 0 Å². The highest BCUT2D eigenvalue weighted by Crippen LogP contribution is 2.20. The van der Waals surface area contributed by atoms with Crippen molar-refractivity contribution in [1.29, 1.82) is 0 Å². The van der Waals surface area contributed by atoms with E-state index in [1.807, 2.05) is 0 Å². The number of H-pyrrole nitrogens is 1. The predicted octanol–water partition coefficient (Wildman–Crippen LogP) is 2.37. The van der Waals surface area contributed by atoms with Crippen LogP contribution in [0.2, 0.25) is 0 Å². The van der Waals surface area contributed by atoms with E-state index in [0.717, 1.165) is 25.2 Å². The Morgan fingerprint density at radius 2 is 2.24 bits per heavy atom. The van der Waals surface area contributed by atoms with Crippen LogP contribution in [0.15, 0.2) is 18.2 Å². The summed E-state index contributed by atoms with van der Waals surface area (Å²) in [6.07, 6.45) is 2.55. The van der Waals surface area contributed by atoms with Gasteiger partial charge in [-0.3, -0.25) is 15.0 Å².